The summed E-state index contributed by atoms with van der Waals surface area (Å²) in [4.78, 5) is 12.1. The summed E-state index contributed by atoms with van der Waals surface area (Å²) in [5, 5.41) is 13.8. The number of aromatic hydroxyl groups is 1. The second-order valence-electron chi connectivity index (χ2n) is 5.83. The highest BCUT2D eigenvalue weighted by Crippen LogP contribution is 2.27. The molecule has 2 rings (SSSR count). The minimum atomic E-state index is -0.353. The fraction of sp³-hybridized carbons (Fsp3) is 0.263. The van der Waals surface area contributed by atoms with Gasteiger partial charge >= 0.3 is 0 Å². The average molecular weight is 342 g/mol. The molecular weight excluding hydrogens is 320 g/mol. The van der Waals surface area contributed by atoms with Gasteiger partial charge in [0.2, 0.25) is 0 Å². The molecule has 25 heavy (non-hydrogen) atoms. The molecule has 0 unspecified atom stereocenters. The normalized spacial score (nSPS) is 10.9. The number of carbonyl (C=O) groups is 1. The first-order valence-electron chi connectivity index (χ1n) is 7.93. The number of hydrogen-bond donors (Lipinski definition) is 2. The van der Waals surface area contributed by atoms with Crippen LogP contribution in [0.1, 0.15) is 29.8 Å². The first-order valence-corrected chi connectivity index (χ1v) is 7.93. The summed E-state index contributed by atoms with van der Waals surface area (Å²) < 4.78 is 10.6. The maximum atomic E-state index is 12.1. The summed E-state index contributed by atoms with van der Waals surface area (Å²) in [5.74, 6) is 1.11. The smallest absolute Gasteiger partial charge is 0.271 e. The van der Waals surface area contributed by atoms with Crippen molar-refractivity contribution < 1.29 is 19.4 Å². The number of ether oxygens (including phenoxy) is 2. The number of rotatable bonds is 7. The highest BCUT2D eigenvalue weighted by molar-refractivity contribution is 5.95. The number of phenolic OH excluding ortho intramolecular Hbond substituents is 1. The largest absolute Gasteiger partial charge is 0.504 e. The lowest BCUT2D eigenvalue weighted by Crippen LogP contribution is -2.17. The van der Waals surface area contributed by atoms with Gasteiger partial charge in [-0.05, 0) is 42.3 Å². The Morgan fingerprint density at radius 1 is 1.24 bits per heavy atom. The summed E-state index contributed by atoms with van der Waals surface area (Å²) in [5.41, 5.74) is 3.32. The molecule has 2 aromatic carbocycles. The van der Waals surface area contributed by atoms with Crippen molar-refractivity contribution in [2.45, 2.75) is 13.8 Å². The lowest BCUT2D eigenvalue weighted by atomic mass is 10.2. The van der Waals surface area contributed by atoms with Gasteiger partial charge in [-0.1, -0.05) is 19.9 Å². The Morgan fingerprint density at radius 3 is 2.60 bits per heavy atom. The molecule has 0 saturated carbocycles. The van der Waals surface area contributed by atoms with E-state index in [-0.39, 0.29) is 11.7 Å². The Labute approximate surface area is 147 Å². The van der Waals surface area contributed by atoms with Crippen molar-refractivity contribution in [1.29, 1.82) is 0 Å². The van der Waals surface area contributed by atoms with Gasteiger partial charge in [-0.2, -0.15) is 5.10 Å². The van der Waals surface area contributed by atoms with Gasteiger partial charge in [-0.25, -0.2) is 5.43 Å². The monoisotopic (exact) mass is 342 g/mol. The zero-order valence-electron chi connectivity index (χ0n) is 14.5. The van der Waals surface area contributed by atoms with Crippen LogP contribution in [0.3, 0.4) is 0 Å². The summed E-state index contributed by atoms with van der Waals surface area (Å²) in [7, 11) is 1.46. The lowest BCUT2D eigenvalue weighted by molar-refractivity contribution is 0.0955. The van der Waals surface area contributed by atoms with E-state index in [1.54, 1.807) is 42.5 Å². The number of methoxy groups -OCH3 is 1. The number of phenols is 1. The zero-order chi connectivity index (χ0) is 18.2. The molecule has 0 fully saturated rings. The Bertz CT molecular complexity index is 740. The Kier molecular flexibility index (Phi) is 6.39. The fourth-order valence-corrected chi connectivity index (χ4v) is 2.00. The zero-order valence-corrected chi connectivity index (χ0v) is 14.5. The van der Waals surface area contributed by atoms with Crippen LogP contribution in [0.25, 0.3) is 0 Å². The van der Waals surface area contributed by atoms with Gasteiger partial charge in [0.1, 0.15) is 5.75 Å². The molecule has 6 heteroatoms. The quantitative estimate of drug-likeness (QED) is 0.598. The number of hydrogen-bond acceptors (Lipinski definition) is 5. The van der Waals surface area contributed by atoms with Crippen LogP contribution in [-0.2, 0) is 0 Å². The highest BCUT2D eigenvalue weighted by atomic mass is 16.5. The van der Waals surface area contributed by atoms with Crippen LogP contribution < -0.4 is 14.9 Å². The van der Waals surface area contributed by atoms with Gasteiger partial charge in [0.15, 0.2) is 11.5 Å². The fourth-order valence-electron chi connectivity index (χ4n) is 2.00. The third-order valence-corrected chi connectivity index (χ3v) is 3.32. The van der Waals surface area contributed by atoms with Crippen LogP contribution in [0.15, 0.2) is 47.6 Å². The van der Waals surface area contributed by atoms with Crippen molar-refractivity contribution >= 4 is 12.1 Å². The van der Waals surface area contributed by atoms with E-state index in [2.05, 4.69) is 24.4 Å². The number of nitrogens with zero attached hydrogens (tertiary/aromatic N) is 1. The number of carbonyl (C=O) groups excluding carboxylic acids is 1. The van der Waals surface area contributed by atoms with Crippen molar-refractivity contribution in [2.75, 3.05) is 13.7 Å². The Hall–Kier alpha value is -3.02. The molecule has 0 aliphatic heterocycles. The molecule has 0 aliphatic rings. The standard InChI is InChI=1S/C19H22N2O4/c1-13(2)12-25-16-9-7-14(8-10-16)19(23)21-20-11-15-5-4-6-17(24-3)18(15)22/h4-11,13,22H,12H2,1-3H3,(H,21,23)/b20-11+. The van der Waals surface area contributed by atoms with Gasteiger partial charge < -0.3 is 14.6 Å². The van der Waals surface area contributed by atoms with E-state index in [9.17, 15) is 9.90 Å². The molecule has 6 nitrogen and oxygen atoms in total. The first kappa shape index (κ1) is 18.3. The van der Waals surface area contributed by atoms with Crippen molar-refractivity contribution in [3.8, 4) is 17.2 Å². The molecular formula is C19H22N2O4. The van der Waals surface area contributed by atoms with Crippen LogP contribution >= 0.6 is 0 Å². The van der Waals surface area contributed by atoms with E-state index in [1.165, 1.54) is 13.3 Å². The molecule has 0 aliphatic carbocycles. The molecule has 1 amide bonds. The predicted octanol–water partition coefficient (Wildman–Crippen LogP) is 3.20. The maximum Gasteiger partial charge on any atom is 0.271 e. The molecule has 0 atom stereocenters. The van der Waals surface area contributed by atoms with E-state index in [4.69, 9.17) is 9.47 Å². The Balaban J connectivity index is 1.96. The third kappa shape index (κ3) is 5.24. The number of nitrogens with one attached hydrogen (secondary N) is 1. The van der Waals surface area contributed by atoms with E-state index in [0.29, 0.717) is 29.4 Å². The highest BCUT2D eigenvalue weighted by Gasteiger charge is 2.07. The second-order valence-corrected chi connectivity index (χ2v) is 5.83. The van der Waals surface area contributed by atoms with Gasteiger partial charge in [-0.15, -0.1) is 0 Å². The van der Waals surface area contributed by atoms with Crippen LogP contribution in [0, 0.1) is 5.92 Å². The molecule has 0 bridgehead atoms. The minimum absolute atomic E-state index is 0.0327. The van der Waals surface area contributed by atoms with Crippen LogP contribution in [0.5, 0.6) is 17.2 Å². The number of benzene rings is 2. The van der Waals surface area contributed by atoms with Crippen molar-refractivity contribution in [3.63, 3.8) is 0 Å². The van der Waals surface area contributed by atoms with E-state index < -0.39 is 0 Å². The summed E-state index contributed by atoms with van der Waals surface area (Å²) in [6.45, 7) is 4.76. The second kappa shape index (κ2) is 8.73. The van der Waals surface area contributed by atoms with Gasteiger partial charge in [0.05, 0.1) is 19.9 Å². The molecule has 0 radical (unpaired) electrons. The van der Waals surface area contributed by atoms with Crippen LogP contribution in [-0.4, -0.2) is 30.9 Å². The van der Waals surface area contributed by atoms with E-state index in [0.717, 1.165) is 5.75 Å². The summed E-state index contributed by atoms with van der Waals surface area (Å²) >= 11 is 0. The van der Waals surface area contributed by atoms with Crippen molar-refractivity contribution in [2.24, 2.45) is 11.0 Å². The molecule has 132 valence electrons. The third-order valence-electron chi connectivity index (χ3n) is 3.32. The van der Waals surface area contributed by atoms with E-state index in [1.807, 2.05) is 0 Å². The molecule has 0 aromatic heterocycles. The minimum Gasteiger partial charge on any atom is -0.504 e. The average Bonchev–Trinajstić information content (AvgIpc) is 2.61. The van der Waals surface area contributed by atoms with E-state index >= 15 is 0 Å². The molecule has 2 aromatic rings. The maximum absolute atomic E-state index is 12.1. The summed E-state index contributed by atoms with van der Waals surface area (Å²) in [6, 6.07) is 11.8. The molecule has 0 spiro atoms. The lowest BCUT2D eigenvalue weighted by Gasteiger charge is -2.08. The van der Waals surface area contributed by atoms with Gasteiger partial charge in [0, 0.05) is 11.1 Å². The van der Waals surface area contributed by atoms with Crippen molar-refractivity contribution in [1.82, 2.24) is 5.43 Å². The topological polar surface area (TPSA) is 80.2 Å². The molecule has 0 heterocycles. The number of para-hydroxylation sites is 1. The van der Waals surface area contributed by atoms with Crippen LogP contribution in [0.4, 0.5) is 0 Å². The summed E-state index contributed by atoms with van der Waals surface area (Å²) in [6.07, 6.45) is 1.36. The number of hydrazone groups is 1. The predicted molar refractivity (Wildman–Crippen MR) is 96.5 cm³/mol. The molecule has 0 saturated heterocycles. The molecule has 2 N–H and O–H groups in total. The van der Waals surface area contributed by atoms with Crippen molar-refractivity contribution in [3.05, 3.63) is 53.6 Å². The van der Waals surface area contributed by atoms with Gasteiger partial charge in [0.25, 0.3) is 5.91 Å². The SMILES string of the molecule is COc1cccc(/C=N/NC(=O)c2ccc(OCC(C)C)cc2)c1O. The number of amides is 1. The Morgan fingerprint density at radius 2 is 1.96 bits per heavy atom. The first-order chi connectivity index (χ1) is 12.0. The van der Waals surface area contributed by atoms with Crippen LogP contribution in [0.2, 0.25) is 0 Å². The van der Waals surface area contributed by atoms with Gasteiger partial charge in [-0.3, -0.25) is 4.79 Å².